The van der Waals surface area contributed by atoms with Crippen molar-refractivity contribution in [2.45, 2.75) is 125 Å². The number of hydrogen-bond acceptors (Lipinski definition) is 9. The van der Waals surface area contributed by atoms with E-state index in [1.165, 1.54) is 48.5 Å². The van der Waals surface area contributed by atoms with Crippen LogP contribution in [0.15, 0.2) is 110 Å². The number of hydrogen-bond donors (Lipinski definition) is 4. The van der Waals surface area contributed by atoms with Crippen molar-refractivity contribution in [3.8, 4) is 5.75 Å². The van der Waals surface area contributed by atoms with E-state index in [2.05, 4.69) is 16.4 Å². The van der Waals surface area contributed by atoms with Gasteiger partial charge in [0.15, 0.2) is 5.71 Å². The maximum absolute atomic E-state index is 12.4. The number of ether oxygens (including phenoxy) is 1. The van der Waals surface area contributed by atoms with E-state index in [4.69, 9.17) is 4.74 Å². The fourth-order valence-corrected chi connectivity index (χ4v) is 10.8. The Morgan fingerprint density at radius 3 is 1.97 bits per heavy atom. The highest BCUT2D eigenvalue weighted by atomic mass is 32.2. The van der Waals surface area contributed by atoms with Crippen LogP contribution in [0.25, 0.3) is 0 Å². The first-order chi connectivity index (χ1) is 29.8. The van der Waals surface area contributed by atoms with Crippen molar-refractivity contribution in [1.82, 2.24) is 0 Å². The minimum atomic E-state index is -4.52. The lowest BCUT2D eigenvalue weighted by atomic mass is 9.80. The van der Waals surface area contributed by atoms with Crippen molar-refractivity contribution < 1.29 is 58.1 Å². The van der Waals surface area contributed by atoms with Gasteiger partial charge in [-0.2, -0.15) is 29.8 Å². The quantitative estimate of drug-likeness (QED) is 0.0599. The van der Waals surface area contributed by atoms with Crippen molar-refractivity contribution in [1.29, 1.82) is 0 Å². The zero-order valence-electron chi connectivity index (χ0n) is 37.2. The fraction of sp³-hybridized carbons (Fsp3) is 0.404. The predicted octanol–water partition coefficient (Wildman–Crippen LogP) is 9.16. The molecule has 3 aromatic rings. The summed E-state index contributed by atoms with van der Waals surface area (Å²) in [4.78, 5) is 12.7. The molecule has 0 aromatic heterocycles. The minimum absolute atomic E-state index is 0.0486. The SMILES string of the molecule is CCC[N+]1=C(/C=C/C2=C(Oc3ccc(S(=O)(=O)O)cc3)C(=C/C=C3/N(CCCCCC(=O)O)c4c(C)cc(S(=O)(=O)O)cc4C3(C)C)/CCC2)C(C)(C)c2cc(S(=O)(=O)O)cc(C)c21. The topological polar surface area (TPSA) is 216 Å². The number of carbonyl (C=O) groups is 1. The van der Waals surface area contributed by atoms with Crippen LogP contribution >= 0.6 is 0 Å². The Labute approximate surface area is 376 Å². The van der Waals surface area contributed by atoms with E-state index in [1.807, 2.05) is 58.9 Å². The number of allylic oxidation sites excluding steroid dienone is 7. The van der Waals surface area contributed by atoms with Crippen LogP contribution in [-0.2, 0) is 46.0 Å². The van der Waals surface area contributed by atoms with Crippen molar-refractivity contribution >= 4 is 53.4 Å². The second-order valence-electron chi connectivity index (χ2n) is 17.7. The summed E-state index contributed by atoms with van der Waals surface area (Å²) in [7, 11) is -13.5. The third-order valence-corrected chi connectivity index (χ3v) is 14.8. The minimum Gasteiger partial charge on any atom is -0.481 e. The van der Waals surface area contributed by atoms with Gasteiger partial charge in [-0.3, -0.25) is 18.5 Å². The summed E-state index contributed by atoms with van der Waals surface area (Å²) in [5.74, 6) is -0.0204. The lowest BCUT2D eigenvalue weighted by molar-refractivity contribution is -0.438. The third kappa shape index (κ3) is 9.99. The van der Waals surface area contributed by atoms with Crippen LogP contribution in [0.3, 0.4) is 0 Å². The lowest BCUT2D eigenvalue weighted by Crippen LogP contribution is -2.28. The highest BCUT2D eigenvalue weighted by Crippen LogP contribution is 2.51. The molecule has 0 atom stereocenters. The highest BCUT2D eigenvalue weighted by molar-refractivity contribution is 7.86. The molecule has 0 saturated carbocycles. The molecule has 0 unspecified atom stereocenters. The Bertz CT molecular complexity index is 2890. The van der Waals surface area contributed by atoms with Crippen LogP contribution in [0.5, 0.6) is 5.75 Å². The molecule has 64 heavy (non-hydrogen) atoms. The fourth-order valence-electron chi connectivity index (χ4n) is 9.17. The molecule has 0 amide bonds. The summed E-state index contributed by atoms with van der Waals surface area (Å²) in [5.41, 5.74) is 6.50. The molecule has 2 heterocycles. The molecular weight excluding hydrogens is 881 g/mol. The summed E-state index contributed by atoms with van der Waals surface area (Å²) in [6.45, 7) is 14.8. The number of carboxylic acid groups (broad SMARTS) is 1. The van der Waals surface area contributed by atoms with E-state index in [0.717, 1.165) is 52.3 Å². The summed E-state index contributed by atoms with van der Waals surface area (Å²) in [6.07, 6.45) is 12.6. The zero-order chi connectivity index (χ0) is 47.2. The number of unbranched alkanes of at least 4 members (excludes halogenated alkanes) is 2. The average Bonchev–Trinajstić information content (AvgIpc) is 3.54. The Hall–Kier alpha value is -4.91. The number of aryl methyl sites for hydroxylation is 2. The smallest absolute Gasteiger partial charge is 0.303 e. The largest absolute Gasteiger partial charge is 0.481 e. The number of fused-ring (bicyclic) bond motifs is 2. The van der Waals surface area contributed by atoms with Gasteiger partial charge in [0.25, 0.3) is 30.4 Å². The van der Waals surface area contributed by atoms with Gasteiger partial charge in [-0.15, -0.1) is 0 Å². The molecule has 1 aliphatic carbocycles. The molecule has 2 aliphatic heterocycles. The predicted molar refractivity (Wildman–Crippen MR) is 245 cm³/mol. The molecule has 4 N–H and O–H groups in total. The van der Waals surface area contributed by atoms with E-state index in [1.54, 1.807) is 6.92 Å². The van der Waals surface area contributed by atoms with E-state index in [9.17, 15) is 48.8 Å². The molecule has 344 valence electrons. The number of aliphatic carboxylic acids is 1. The van der Waals surface area contributed by atoms with Crippen LogP contribution in [0.2, 0.25) is 0 Å². The van der Waals surface area contributed by atoms with E-state index < -0.39 is 47.2 Å². The van der Waals surface area contributed by atoms with Gasteiger partial charge < -0.3 is 14.7 Å². The third-order valence-electron chi connectivity index (χ3n) is 12.3. The average molecular weight is 938 g/mol. The number of anilines is 1. The molecular formula is C47H57N2O12S3+. The van der Waals surface area contributed by atoms with Crippen LogP contribution < -0.4 is 9.64 Å². The van der Waals surface area contributed by atoms with Gasteiger partial charge in [0.05, 0.1) is 20.1 Å². The molecule has 3 aliphatic rings. The Morgan fingerprint density at radius 1 is 0.766 bits per heavy atom. The second-order valence-corrected chi connectivity index (χ2v) is 22.0. The van der Waals surface area contributed by atoms with Crippen LogP contribution in [-0.4, -0.2) is 73.4 Å². The van der Waals surface area contributed by atoms with Crippen molar-refractivity contribution in [3.63, 3.8) is 0 Å². The monoisotopic (exact) mass is 937 g/mol. The first-order valence-electron chi connectivity index (χ1n) is 21.2. The normalized spacial score (nSPS) is 18.7. The van der Waals surface area contributed by atoms with Crippen LogP contribution in [0.1, 0.15) is 108 Å². The van der Waals surface area contributed by atoms with Gasteiger partial charge in [0.1, 0.15) is 18.1 Å². The van der Waals surface area contributed by atoms with E-state index in [-0.39, 0.29) is 21.1 Å². The van der Waals surface area contributed by atoms with Crippen molar-refractivity contribution in [2.24, 2.45) is 0 Å². The van der Waals surface area contributed by atoms with Gasteiger partial charge >= 0.3 is 5.97 Å². The molecule has 0 saturated heterocycles. The molecule has 0 fully saturated rings. The molecule has 14 nitrogen and oxygen atoms in total. The molecule has 0 bridgehead atoms. The highest BCUT2D eigenvalue weighted by Gasteiger charge is 2.46. The van der Waals surface area contributed by atoms with Gasteiger partial charge in [0, 0.05) is 53.4 Å². The number of benzene rings is 3. The Balaban J connectivity index is 1.50. The summed E-state index contributed by atoms with van der Waals surface area (Å²) in [6, 6.07) is 11.4. The van der Waals surface area contributed by atoms with Gasteiger partial charge in [-0.1, -0.05) is 33.3 Å². The van der Waals surface area contributed by atoms with E-state index in [0.29, 0.717) is 73.4 Å². The van der Waals surface area contributed by atoms with Gasteiger partial charge in [-0.25, -0.2) is 0 Å². The molecule has 0 spiro atoms. The first-order valence-corrected chi connectivity index (χ1v) is 25.6. The number of nitrogens with zero attached hydrogens (tertiary/aromatic N) is 2. The van der Waals surface area contributed by atoms with Crippen LogP contribution in [0.4, 0.5) is 11.4 Å². The zero-order valence-corrected chi connectivity index (χ0v) is 39.6. The van der Waals surface area contributed by atoms with Crippen LogP contribution in [0, 0.1) is 13.8 Å². The lowest BCUT2D eigenvalue weighted by Gasteiger charge is -2.28. The molecule has 3 aromatic carbocycles. The number of carboxylic acids is 1. The number of rotatable bonds is 16. The maximum atomic E-state index is 12.4. The van der Waals surface area contributed by atoms with E-state index >= 15 is 0 Å². The summed E-state index contributed by atoms with van der Waals surface area (Å²) < 4.78 is 112. The van der Waals surface area contributed by atoms with Crippen molar-refractivity contribution in [2.75, 3.05) is 18.0 Å². The summed E-state index contributed by atoms with van der Waals surface area (Å²) >= 11 is 0. The van der Waals surface area contributed by atoms with Gasteiger partial charge in [-0.05, 0) is 143 Å². The maximum Gasteiger partial charge on any atom is 0.303 e. The van der Waals surface area contributed by atoms with Gasteiger partial charge in [0.2, 0.25) is 5.69 Å². The van der Waals surface area contributed by atoms with Crippen molar-refractivity contribution in [3.05, 3.63) is 118 Å². The Kier molecular flexibility index (Phi) is 13.8. The first kappa shape index (κ1) is 48.5. The molecule has 6 rings (SSSR count). The second kappa shape index (κ2) is 18.2. The standard InChI is InChI=1S/C47H56N2O12S3/c1-8-24-48-40(46(4,5)38-28-36(63(55,56)57)26-30(2)43(38)48)22-16-32-13-12-14-33(45(32)61-34-18-20-35(21-19-34)62(52,53)54)17-23-41-47(6,7)39-29-37(64(58,59)60)27-31(3)44(39)49(41)25-11-9-10-15-42(50)51/h16-23,26-29H,8-15,24-25H2,1-7H3,(H3-,50,51,52,53,54,55,56,57,58,59,60)/p+1. The Morgan fingerprint density at radius 2 is 1.38 bits per heavy atom. The molecule has 0 radical (unpaired) electrons. The molecule has 17 heteroatoms. The summed E-state index contributed by atoms with van der Waals surface area (Å²) in [5, 5.41) is 9.21.